The van der Waals surface area contributed by atoms with Crippen molar-refractivity contribution in [3.05, 3.63) is 35.9 Å². The molecule has 0 spiro atoms. The maximum Gasteiger partial charge on any atom is 0.338 e. The van der Waals surface area contributed by atoms with Crippen LogP contribution in [0.5, 0.6) is 0 Å². The Kier molecular flexibility index (Phi) is 7.26. The lowest BCUT2D eigenvalue weighted by Crippen LogP contribution is -2.62. The number of hydrogen-bond acceptors (Lipinski definition) is 7. The van der Waals surface area contributed by atoms with E-state index in [2.05, 4.69) is 20.8 Å². The Morgan fingerprint density at radius 1 is 1.10 bits per heavy atom. The fourth-order valence-corrected chi connectivity index (χ4v) is 4.17. The summed E-state index contributed by atoms with van der Waals surface area (Å²) in [5.74, 6) is -1.83. The molecule has 162 valence electrons. The number of carbonyl (C=O) groups is 2. The Balaban J connectivity index is 2.40. The molecule has 1 aromatic rings. The van der Waals surface area contributed by atoms with Gasteiger partial charge in [-0.05, 0) is 30.3 Å². The number of carbonyl (C=O) groups excluding carboxylic acids is 2. The van der Waals surface area contributed by atoms with Crippen LogP contribution >= 0.6 is 0 Å². The average molecular weight is 425 g/mol. The molecule has 1 N–H and O–H groups in total. The van der Waals surface area contributed by atoms with E-state index in [1.165, 1.54) is 7.11 Å². The Labute approximate surface area is 173 Å². The van der Waals surface area contributed by atoms with Crippen LogP contribution in [0.1, 0.15) is 38.1 Å². The van der Waals surface area contributed by atoms with Crippen LogP contribution in [0.3, 0.4) is 0 Å². The van der Waals surface area contributed by atoms with Gasteiger partial charge in [-0.15, -0.1) is 0 Å². The van der Waals surface area contributed by atoms with Gasteiger partial charge in [0, 0.05) is 5.92 Å². The number of aliphatic hydroxyl groups excluding tert-OH is 1. The van der Waals surface area contributed by atoms with Crippen molar-refractivity contribution < 1.29 is 33.3 Å². The highest BCUT2D eigenvalue weighted by atomic mass is 28.4. The van der Waals surface area contributed by atoms with Gasteiger partial charge in [0.15, 0.2) is 20.7 Å². The van der Waals surface area contributed by atoms with Crippen LogP contribution in [0.4, 0.5) is 0 Å². The van der Waals surface area contributed by atoms with Gasteiger partial charge in [-0.3, -0.25) is 0 Å². The van der Waals surface area contributed by atoms with Crippen molar-refractivity contribution in [1.82, 2.24) is 0 Å². The highest BCUT2D eigenvalue weighted by Crippen LogP contribution is 2.40. The first-order valence-corrected chi connectivity index (χ1v) is 12.6. The van der Waals surface area contributed by atoms with E-state index in [4.69, 9.17) is 18.6 Å². The fraction of sp³-hybridized carbons (Fsp3) is 0.619. The van der Waals surface area contributed by atoms with Gasteiger partial charge in [-0.25, -0.2) is 9.59 Å². The van der Waals surface area contributed by atoms with Gasteiger partial charge in [0.1, 0.15) is 12.2 Å². The second-order valence-electron chi connectivity index (χ2n) is 8.91. The number of ether oxygens (including phenoxy) is 3. The summed E-state index contributed by atoms with van der Waals surface area (Å²) in [5, 5.41) is 10.2. The molecule has 1 fully saturated rings. The number of rotatable bonds is 5. The molecule has 0 amide bonds. The second-order valence-corrected chi connectivity index (χ2v) is 13.7. The lowest BCUT2D eigenvalue weighted by Gasteiger charge is -2.47. The number of hydrogen-bond donors (Lipinski definition) is 1. The number of methoxy groups -OCH3 is 1. The fourth-order valence-electron chi connectivity index (χ4n) is 2.88. The third-order valence-electron chi connectivity index (χ3n) is 5.80. The topological polar surface area (TPSA) is 91.3 Å². The molecular weight excluding hydrogens is 392 g/mol. The van der Waals surface area contributed by atoms with E-state index in [1.54, 1.807) is 37.3 Å². The zero-order valence-electron chi connectivity index (χ0n) is 18.2. The smallest absolute Gasteiger partial charge is 0.338 e. The van der Waals surface area contributed by atoms with Gasteiger partial charge in [0.25, 0.3) is 0 Å². The molecule has 3 unspecified atom stereocenters. The summed E-state index contributed by atoms with van der Waals surface area (Å²) >= 11 is 0. The van der Waals surface area contributed by atoms with Crippen molar-refractivity contribution in [3.8, 4) is 0 Å². The average Bonchev–Trinajstić information content (AvgIpc) is 2.66. The number of benzene rings is 1. The molecule has 0 aromatic heterocycles. The second kappa shape index (κ2) is 8.95. The van der Waals surface area contributed by atoms with Crippen molar-refractivity contribution in [3.63, 3.8) is 0 Å². The molecule has 0 aliphatic carbocycles. The summed E-state index contributed by atoms with van der Waals surface area (Å²) in [6, 6.07) is 8.56. The standard InChI is InChI=1S/C21H32O7Si/c1-13-15(26-19(23)14-11-9-8-10-12-14)16(28-29(6,7)21(2,3)4)17(20(24)25-5)27-18(13)22/h8-13,15-18,22H,1-7H3/t13?,15-,16+,17?,18?/m1/s1. The molecule has 1 aliphatic rings. The minimum absolute atomic E-state index is 0.152. The van der Waals surface area contributed by atoms with Crippen LogP contribution in [-0.2, 0) is 23.4 Å². The van der Waals surface area contributed by atoms with E-state index >= 15 is 0 Å². The summed E-state index contributed by atoms with van der Waals surface area (Å²) in [7, 11) is -1.14. The minimum atomic E-state index is -2.38. The van der Waals surface area contributed by atoms with Gasteiger partial charge in [0.05, 0.1) is 12.7 Å². The zero-order valence-corrected chi connectivity index (χ0v) is 19.2. The Morgan fingerprint density at radius 3 is 2.21 bits per heavy atom. The normalized spacial score (nSPS) is 27.9. The molecular formula is C21H32O7Si. The molecule has 0 bridgehead atoms. The van der Waals surface area contributed by atoms with E-state index in [0.717, 1.165) is 0 Å². The molecule has 1 aliphatic heterocycles. The van der Waals surface area contributed by atoms with Crippen LogP contribution in [0.15, 0.2) is 30.3 Å². The summed E-state index contributed by atoms with van der Waals surface area (Å²) in [6.07, 6.45) is -4.28. The van der Waals surface area contributed by atoms with Gasteiger partial charge in [0.2, 0.25) is 0 Å². The van der Waals surface area contributed by atoms with Crippen LogP contribution in [0.2, 0.25) is 18.1 Å². The van der Waals surface area contributed by atoms with Crippen molar-refractivity contribution >= 4 is 20.3 Å². The van der Waals surface area contributed by atoms with Crippen LogP contribution in [-0.4, -0.2) is 57.1 Å². The number of aliphatic hydroxyl groups is 1. The summed E-state index contributed by atoms with van der Waals surface area (Å²) < 4.78 is 22.6. The van der Waals surface area contributed by atoms with Crippen molar-refractivity contribution in [2.75, 3.05) is 7.11 Å². The SMILES string of the molecule is COC(=O)C1OC(O)C(C)[C@@H](OC(=O)c2ccccc2)[C@@H]1O[Si](C)(C)C(C)(C)C. The number of esters is 2. The molecule has 8 heteroatoms. The van der Waals surface area contributed by atoms with E-state index in [0.29, 0.717) is 5.56 Å². The Morgan fingerprint density at radius 2 is 1.69 bits per heavy atom. The molecule has 1 heterocycles. The Hall–Kier alpha value is -1.74. The maximum atomic E-state index is 12.7. The van der Waals surface area contributed by atoms with Gasteiger partial charge >= 0.3 is 11.9 Å². The van der Waals surface area contributed by atoms with E-state index in [1.807, 2.05) is 13.1 Å². The predicted molar refractivity (Wildman–Crippen MR) is 110 cm³/mol. The Bertz CT molecular complexity index is 713. The molecule has 1 saturated heterocycles. The molecule has 0 radical (unpaired) electrons. The minimum Gasteiger partial charge on any atom is -0.467 e. The van der Waals surface area contributed by atoms with Crippen molar-refractivity contribution in [2.45, 2.75) is 70.4 Å². The molecule has 5 atom stereocenters. The highest BCUT2D eigenvalue weighted by molar-refractivity contribution is 6.74. The first-order valence-electron chi connectivity index (χ1n) is 9.74. The molecule has 0 saturated carbocycles. The largest absolute Gasteiger partial charge is 0.467 e. The maximum absolute atomic E-state index is 12.7. The van der Waals surface area contributed by atoms with Gasteiger partial charge in [-0.1, -0.05) is 45.9 Å². The van der Waals surface area contributed by atoms with E-state index in [9.17, 15) is 14.7 Å². The molecule has 7 nitrogen and oxygen atoms in total. The monoisotopic (exact) mass is 424 g/mol. The van der Waals surface area contributed by atoms with Crippen LogP contribution < -0.4 is 0 Å². The van der Waals surface area contributed by atoms with Crippen molar-refractivity contribution in [2.24, 2.45) is 5.92 Å². The lowest BCUT2D eigenvalue weighted by molar-refractivity contribution is -0.257. The first-order chi connectivity index (χ1) is 13.4. The first kappa shape index (κ1) is 23.5. The summed E-state index contributed by atoms with van der Waals surface area (Å²) in [4.78, 5) is 25.1. The molecule has 2 rings (SSSR count). The zero-order chi connectivity index (χ0) is 22.0. The van der Waals surface area contributed by atoms with Crippen LogP contribution in [0, 0.1) is 5.92 Å². The summed E-state index contributed by atoms with van der Waals surface area (Å²) in [5.41, 5.74) is 0.376. The van der Waals surface area contributed by atoms with E-state index < -0.39 is 50.8 Å². The lowest BCUT2D eigenvalue weighted by atomic mass is 9.92. The van der Waals surface area contributed by atoms with Gasteiger partial charge in [-0.2, -0.15) is 0 Å². The summed E-state index contributed by atoms with van der Waals surface area (Å²) in [6.45, 7) is 12.0. The van der Waals surface area contributed by atoms with Crippen LogP contribution in [0.25, 0.3) is 0 Å². The van der Waals surface area contributed by atoms with Crippen molar-refractivity contribution in [1.29, 1.82) is 0 Å². The predicted octanol–water partition coefficient (Wildman–Crippen LogP) is 3.13. The third kappa shape index (κ3) is 5.25. The quantitative estimate of drug-likeness (QED) is 0.573. The molecule has 29 heavy (non-hydrogen) atoms. The van der Waals surface area contributed by atoms with Gasteiger partial charge < -0.3 is 23.7 Å². The van der Waals surface area contributed by atoms with E-state index in [-0.39, 0.29) is 5.04 Å². The third-order valence-corrected chi connectivity index (χ3v) is 10.3. The highest BCUT2D eigenvalue weighted by Gasteiger charge is 2.53. The molecule has 1 aromatic carbocycles.